The average molecular weight is 475 g/mol. The number of sulfonamides is 1. The summed E-state index contributed by atoms with van der Waals surface area (Å²) in [6, 6.07) is 3.91. The van der Waals surface area contributed by atoms with Gasteiger partial charge >= 0.3 is 0 Å². The molecule has 0 aromatic heterocycles. The number of piperidine rings is 1. The number of benzene rings is 1. The lowest BCUT2D eigenvalue weighted by molar-refractivity contribution is -0.0612. The highest BCUT2D eigenvalue weighted by atomic mass is 32.2. The number of aryl methyl sites for hydroxylation is 1. The zero-order valence-electron chi connectivity index (χ0n) is 20.3. The molecule has 3 N–H and O–H groups in total. The van der Waals surface area contributed by atoms with E-state index in [2.05, 4.69) is 26.8 Å². The largest absolute Gasteiger partial charge is 0.507 e. The van der Waals surface area contributed by atoms with Crippen LogP contribution in [-0.4, -0.2) is 48.8 Å². The molecular formula is C26H38N2O4S. The molecule has 3 atom stereocenters. The molecule has 2 heterocycles. The summed E-state index contributed by atoms with van der Waals surface area (Å²) in [7, 11) is -3.38. The highest BCUT2D eigenvalue weighted by Gasteiger charge is 2.39. The number of ether oxygens (including phenoxy) is 1. The van der Waals surface area contributed by atoms with Crippen LogP contribution in [0.4, 0.5) is 0 Å². The van der Waals surface area contributed by atoms with Crippen molar-refractivity contribution in [1.82, 2.24) is 4.31 Å². The van der Waals surface area contributed by atoms with E-state index in [1.165, 1.54) is 5.57 Å². The van der Waals surface area contributed by atoms with Crippen LogP contribution in [0.2, 0.25) is 0 Å². The van der Waals surface area contributed by atoms with Gasteiger partial charge in [0.05, 0.1) is 17.5 Å². The molecule has 1 aromatic carbocycles. The zero-order chi connectivity index (χ0) is 24.0. The van der Waals surface area contributed by atoms with Crippen molar-refractivity contribution in [2.75, 3.05) is 19.6 Å². The van der Waals surface area contributed by atoms with Crippen molar-refractivity contribution in [2.24, 2.45) is 17.1 Å². The highest BCUT2D eigenvalue weighted by Crippen LogP contribution is 2.41. The van der Waals surface area contributed by atoms with Crippen LogP contribution in [0.25, 0.3) is 0 Å². The van der Waals surface area contributed by atoms with Gasteiger partial charge in [-0.1, -0.05) is 51.1 Å². The molecule has 182 valence electrons. The first kappa shape index (κ1) is 24.5. The first-order chi connectivity index (χ1) is 15.5. The molecule has 1 aromatic rings. The lowest BCUT2D eigenvalue weighted by Crippen LogP contribution is -2.46. The zero-order valence-corrected chi connectivity index (χ0v) is 21.1. The second-order valence-corrected chi connectivity index (χ2v) is 12.9. The van der Waals surface area contributed by atoms with E-state index in [1.807, 2.05) is 31.2 Å². The van der Waals surface area contributed by atoms with Crippen molar-refractivity contribution < 1.29 is 18.3 Å². The lowest BCUT2D eigenvalue weighted by Gasteiger charge is -2.40. The maximum Gasteiger partial charge on any atom is 0.220 e. The van der Waals surface area contributed by atoms with Crippen molar-refractivity contribution in [3.8, 4) is 5.75 Å². The Morgan fingerprint density at radius 3 is 2.48 bits per heavy atom. The van der Waals surface area contributed by atoms with Gasteiger partial charge in [0.15, 0.2) is 0 Å². The molecule has 3 aliphatic rings. The molecule has 1 unspecified atom stereocenters. The minimum absolute atomic E-state index is 0.0244. The van der Waals surface area contributed by atoms with Crippen molar-refractivity contribution in [1.29, 1.82) is 0 Å². The molecule has 0 radical (unpaired) electrons. The smallest absolute Gasteiger partial charge is 0.220 e. The van der Waals surface area contributed by atoms with Crippen LogP contribution < -0.4 is 5.73 Å². The van der Waals surface area contributed by atoms with E-state index in [1.54, 1.807) is 4.31 Å². The Morgan fingerprint density at radius 2 is 1.91 bits per heavy atom. The molecule has 0 saturated carbocycles. The van der Waals surface area contributed by atoms with Gasteiger partial charge in [-0.25, -0.2) is 12.7 Å². The first-order valence-corrected chi connectivity index (χ1v) is 13.6. The Labute approximate surface area is 198 Å². The Balaban J connectivity index is 1.41. The van der Waals surface area contributed by atoms with Crippen molar-refractivity contribution in [3.05, 3.63) is 52.6 Å². The minimum atomic E-state index is -3.38. The van der Waals surface area contributed by atoms with E-state index < -0.39 is 15.3 Å². The summed E-state index contributed by atoms with van der Waals surface area (Å²) in [5, 5.41) is 10.2. The Bertz CT molecular complexity index is 1050. The number of fused-ring (bicyclic) bond motifs is 1. The Hall–Kier alpha value is -1.67. The minimum Gasteiger partial charge on any atom is -0.507 e. The van der Waals surface area contributed by atoms with E-state index in [0.717, 1.165) is 29.5 Å². The molecule has 0 amide bonds. The van der Waals surface area contributed by atoms with Crippen LogP contribution in [-0.2, 0) is 21.2 Å². The molecule has 1 saturated heterocycles. The number of rotatable bonds is 4. The molecule has 6 nitrogen and oxygen atoms in total. The normalized spacial score (nSPS) is 27.3. The van der Waals surface area contributed by atoms with Gasteiger partial charge in [0.25, 0.3) is 0 Å². The molecule has 0 bridgehead atoms. The quantitative estimate of drug-likeness (QED) is 0.688. The molecule has 0 spiro atoms. The highest BCUT2D eigenvalue weighted by molar-refractivity contribution is 7.89. The SMILES string of the molecule is Cc1ccc2c(c1O)C[C@@H](C1CCN(S(=O)(=O)C3C=CC(C(C)(C)C)=CC3)CC1)O[C@H]2CN. The number of phenolic OH excluding ortho intramolecular Hbond substituents is 1. The molecular weight excluding hydrogens is 436 g/mol. The van der Waals surface area contributed by atoms with Crippen LogP contribution in [0.3, 0.4) is 0 Å². The molecule has 4 rings (SSSR count). The maximum absolute atomic E-state index is 13.3. The summed E-state index contributed by atoms with van der Waals surface area (Å²) in [6.45, 7) is 9.71. The van der Waals surface area contributed by atoms with Crippen LogP contribution in [0, 0.1) is 18.3 Å². The molecule has 1 fully saturated rings. The fourth-order valence-electron chi connectivity index (χ4n) is 5.35. The summed E-state index contributed by atoms with van der Waals surface area (Å²) in [4.78, 5) is 0. The monoisotopic (exact) mass is 474 g/mol. The van der Waals surface area contributed by atoms with Gasteiger partial charge in [-0.2, -0.15) is 0 Å². The summed E-state index contributed by atoms with van der Waals surface area (Å²) in [5.41, 5.74) is 9.97. The number of hydrogen-bond acceptors (Lipinski definition) is 5. The van der Waals surface area contributed by atoms with Gasteiger partial charge in [-0.15, -0.1) is 0 Å². The van der Waals surface area contributed by atoms with Gasteiger partial charge in [0.2, 0.25) is 10.0 Å². The third-order valence-corrected chi connectivity index (χ3v) is 9.72. The van der Waals surface area contributed by atoms with Crippen molar-refractivity contribution in [2.45, 2.75) is 70.8 Å². The fraction of sp³-hybridized carbons (Fsp3) is 0.615. The van der Waals surface area contributed by atoms with Crippen molar-refractivity contribution >= 4 is 10.0 Å². The number of phenols is 1. The van der Waals surface area contributed by atoms with Gasteiger partial charge < -0.3 is 15.6 Å². The number of allylic oxidation sites excluding steroid dienone is 3. The maximum atomic E-state index is 13.3. The predicted molar refractivity (Wildman–Crippen MR) is 132 cm³/mol. The van der Waals surface area contributed by atoms with E-state index in [9.17, 15) is 13.5 Å². The third-order valence-electron chi connectivity index (χ3n) is 7.52. The molecule has 1 aliphatic carbocycles. The second-order valence-electron chi connectivity index (χ2n) is 10.7. The second kappa shape index (κ2) is 9.17. The molecule has 33 heavy (non-hydrogen) atoms. The summed E-state index contributed by atoms with van der Waals surface area (Å²) < 4.78 is 34.6. The number of hydrogen-bond donors (Lipinski definition) is 2. The van der Waals surface area contributed by atoms with E-state index in [0.29, 0.717) is 38.2 Å². The van der Waals surface area contributed by atoms with Crippen LogP contribution >= 0.6 is 0 Å². The average Bonchev–Trinajstić information content (AvgIpc) is 2.80. The van der Waals surface area contributed by atoms with E-state index in [-0.39, 0.29) is 23.5 Å². The number of nitrogens with two attached hydrogens (primary N) is 1. The van der Waals surface area contributed by atoms with Crippen LogP contribution in [0.1, 0.15) is 62.8 Å². The van der Waals surface area contributed by atoms with E-state index in [4.69, 9.17) is 10.5 Å². The number of aromatic hydroxyl groups is 1. The van der Waals surface area contributed by atoms with Crippen LogP contribution in [0.15, 0.2) is 35.9 Å². The third kappa shape index (κ3) is 4.78. The standard InChI is InChI=1S/C26H38N2O4S/c1-17-5-10-21-22(25(17)29)15-23(32-24(21)16-27)18-11-13-28(14-12-18)33(30,31)20-8-6-19(7-9-20)26(2,3)4/h5-8,10,18,20,23-24,29H,9,11-16,27H2,1-4H3/t20?,23-,24-/m0/s1. The van der Waals surface area contributed by atoms with Crippen molar-refractivity contribution in [3.63, 3.8) is 0 Å². The lowest BCUT2D eigenvalue weighted by atomic mass is 9.83. The van der Waals surface area contributed by atoms with Gasteiger partial charge in [-0.05, 0) is 54.2 Å². The topological polar surface area (TPSA) is 92.9 Å². The summed E-state index contributed by atoms with van der Waals surface area (Å²) in [6.07, 6.45) is 8.30. The van der Waals surface area contributed by atoms with Gasteiger partial charge in [0.1, 0.15) is 5.75 Å². The van der Waals surface area contributed by atoms with Gasteiger partial charge in [-0.3, -0.25) is 0 Å². The predicted octanol–water partition coefficient (Wildman–Crippen LogP) is 3.98. The fourth-order valence-corrected chi connectivity index (χ4v) is 7.07. The molecule has 7 heteroatoms. The van der Waals surface area contributed by atoms with E-state index >= 15 is 0 Å². The summed E-state index contributed by atoms with van der Waals surface area (Å²) >= 11 is 0. The van der Waals surface area contributed by atoms with Crippen LogP contribution in [0.5, 0.6) is 5.75 Å². The van der Waals surface area contributed by atoms with Gasteiger partial charge in [0, 0.05) is 31.6 Å². The Kier molecular flexibility index (Phi) is 6.80. The molecule has 2 aliphatic heterocycles. The number of nitrogens with zero attached hydrogens (tertiary/aromatic N) is 1. The Morgan fingerprint density at radius 1 is 1.21 bits per heavy atom. The first-order valence-electron chi connectivity index (χ1n) is 12.1. The summed E-state index contributed by atoms with van der Waals surface area (Å²) in [5.74, 6) is 0.582.